The lowest BCUT2D eigenvalue weighted by molar-refractivity contribution is 0.336. The molecule has 0 heterocycles. The second-order valence-corrected chi connectivity index (χ2v) is 7.27. The summed E-state index contributed by atoms with van der Waals surface area (Å²) in [6.45, 7) is 4.67. The van der Waals surface area contributed by atoms with Crippen molar-refractivity contribution >= 4 is 11.8 Å². The molecule has 2 aliphatic carbocycles. The van der Waals surface area contributed by atoms with E-state index in [1.54, 1.807) is 0 Å². The van der Waals surface area contributed by atoms with Gasteiger partial charge in [0.05, 0.1) is 0 Å². The van der Waals surface area contributed by atoms with E-state index in [0.717, 1.165) is 23.3 Å². The zero-order valence-electron chi connectivity index (χ0n) is 10.9. The summed E-state index contributed by atoms with van der Waals surface area (Å²) < 4.78 is 0. The number of hydrogen-bond acceptors (Lipinski definition) is 2. The van der Waals surface area contributed by atoms with E-state index in [1.165, 1.54) is 50.7 Å². The highest BCUT2D eigenvalue weighted by molar-refractivity contribution is 7.99. The number of nitrogens with one attached hydrogen (secondary N) is 1. The lowest BCUT2D eigenvalue weighted by atomic mass is 9.94. The van der Waals surface area contributed by atoms with Gasteiger partial charge in [0.25, 0.3) is 0 Å². The van der Waals surface area contributed by atoms with E-state index in [2.05, 4.69) is 30.9 Å². The van der Waals surface area contributed by atoms with Crippen molar-refractivity contribution in [1.29, 1.82) is 0 Å². The van der Waals surface area contributed by atoms with Crippen LogP contribution in [0.25, 0.3) is 0 Å². The fraction of sp³-hybridized carbons (Fsp3) is 1.00. The molecule has 0 aromatic rings. The maximum absolute atomic E-state index is 3.87. The molecule has 0 spiro atoms. The van der Waals surface area contributed by atoms with Crippen LogP contribution in [0.15, 0.2) is 0 Å². The smallest absolute Gasteiger partial charge is 0.00800 e. The minimum absolute atomic E-state index is 0.753. The van der Waals surface area contributed by atoms with Crippen molar-refractivity contribution in [3.8, 4) is 0 Å². The third kappa shape index (κ3) is 4.29. The van der Waals surface area contributed by atoms with E-state index < -0.39 is 0 Å². The van der Waals surface area contributed by atoms with Gasteiger partial charge in [0.2, 0.25) is 0 Å². The van der Waals surface area contributed by atoms with Crippen LogP contribution in [0.1, 0.15) is 58.8 Å². The average Bonchev–Trinajstić information content (AvgIpc) is 3.02. The topological polar surface area (TPSA) is 12.0 Å². The summed E-state index contributed by atoms with van der Waals surface area (Å²) in [7, 11) is 0. The van der Waals surface area contributed by atoms with E-state index in [4.69, 9.17) is 0 Å². The number of hydrogen-bond donors (Lipinski definition) is 1. The Morgan fingerprint density at radius 1 is 1.25 bits per heavy atom. The first kappa shape index (κ1) is 12.8. The van der Waals surface area contributed by atoms with E-state index >= 15 is 0 Å². The van der Waals surface area contributed by atoms with Crippen LogP contribution in [0, 0.1) is 5.92 Å². The Balaban J connectivity index is 1.66. The van der Waals surface area contributed by atoms with Crippen LogP contribution in [0.4, 0.5) is 0 Å². The summed E-state index contributed by atoms with van der Waals surface area (Å²) in [5.74, 6) is 2.35. The van der Waals surface area contributed by atoms with Crippen LogP contribution in [-0.2, 0) is 0 Å². The Morgan fingerprint density at radius 2 is 2.06 bits per heavy atom. The molecule has 2 rings (SSSR count). The van der Waals surface area contributed by atoms with E-state index in [1.807, 2.05) is 0 Å². The largest absolute Gasteiger partial charge is 0.311 e. The van der Waals surface area contributed by atoms with Gasteiger partial charge in [0, 0.05) is 17.3 Å². The molecule has 1 N–H and O–H groups in total. The molecule has 16 heavy (non-hydrogen) atoms. The molecule has 0 aliphatic heterocycles. The van der Waals surface area contributed by atoms with Gasteiger partial charge in [0.1, 0.15) is 0 Å². The number of rotatable bonds is 6. The lowest BCUT2D eigenvalue weighted by Gasteiger charge is -2.31. The van der Waals surface area contributed by atoms with Crippen LogP contribution in [0.3, 0.4) is 0 Å². The van der Waals surface area contributed by atoms with Crippen molar-refractivity contribution in [1.82, 2.24) is 5.32 Å². The first-order valence-corrected chi connectivity index (χ1v) is 8.20. The zero-order chi connectivity index (χ0) is 11.4. The molecule has 0 radical (unpaired) electrons. The lowest BCUT2D eigenvalue weighted by Crippen LogP contribution is -2.40. The predicted molar refractivity (Wildman–Crippen MR) is 74.1 cm³/mol. The van der Waals surface area contributed by atoms with E-state index in [-0.39, 0.29) is 0 Å². The monoisotopic (exact) mass is 241 g/mol. The Kier molecular flexibility index (Phi) is 5.02. The van der Waals surface area contributed by atoms with E-state index in [9.17, 15) is 0 Å². The highest BCUT2D eigenvalue weighted by Crippen LogP contribution is 2.34. The second-order valence-electron chi connectivity index (χ2n) is 5.69. The molecule has 3 unspecified atom stereocenters. The molecule has 2 saturated carbocycles. The maximum Gasteiger partial charge on any atom is 0.00800 e. The standard InChI is InChI=1S/C14H27NS/c1-3-16-14-6-4-5-13(10-14)15-11(2)9-12-7-8-12/h11-15H,3-10H2,1-2H3. The van der Waals surface area contributed by atoms with Crippen molar-refractivity contribution in [2.24, 2.45) is 5.92 Å². The van der Waals surface area contributed by atoms with Gasteiger partial charge in [-0.1, -0.05) is 26.2 Å². The minimum atomic E-state index is 0.753. The third-order valence-electron chi connectivity index (χ3n) is 3.93. The molecule has 0 amide bonds. The van der Waals surface area contributed by atoms with Crippen LogP contribution in [0.2, 0.25) is 0 Å². The van der Waals surface area contributed by atoms with Crippen LogP contribution < -0.4 is 5.32 Å². The van der Waals surface area contributed by atoms with Gasteiger partial charge >= 0.3 is 0 Å². The average molecular weight is 241 g/mol. The molecule has 0 bridgehead atoms. The third-order valence-corrected chi connectivity index (χ3v) is 5.17. The fourth-order valence-electron chi connectivity index (χ4n) is 3.01. The summed E-state index contributed by atoms with van der Waals surface area (Å²) in [6, 6.07) is 1.56. The molecular formula is C14H27NS. The zero-order valence-corrected chi connectivity index (χ0v) is 11.7. The highest BCUT2D eigenvalue weighted by Gasteiger charge is 2.26. The summed E-state index contributed by atoms with van der Waals surface area (Å²) in [5.41, 5.74) is 0. The minimum Gasteiger partial charge on any atom is -0.311 e. The van der Waals surface area contributed by atoms with E-state index in [0.29, 0.717) is 0 Å². The van der Waals surface area contributed by atoms with Gasteiger partial charge in [-0.3, -0.25) is 0 Å². The molecule has 2 heteroatoms. The Hall–Kier alpha value is 0.310. The maximum atomic E-state index is 3.87. The summed E-state index contributed by atoms with van der Waals surface area (Å²) in [5, 5.41) is 4.80. The van der Waals surface area contributed by atoms with Crippen LogP contribution in [-0.4, -0.2) is 23.1 Å². The van der Waals surface area contributed by atoms with Gasteiger partial charge in [-0.25, -0.2) is 0 Å². The quantitative estimate of drug-likeness (QED) is 0.758. The molecule has 0 aromatic heterocycles. The molecule has 2 aliphatic rings. The van der Waals surface area contributed by atoms with Gasteiger partial charge in [-0.05, 0) is 44.3 Å². The molecule has 0 aromatic carbocycles. The summed E-state index contributed by atoms with van der Waals surface area (Å²) >= 11 is 2.17. The van der Waals surface area contributed by atoms with Gasteiger partial charge in [0.15, 0.2) is 0 Å². The molecule has 2 fully saturated rings. The van der Waals surface area contributed by atoms with Crippen LogP contribution >= 0.6 is 11.8 Å². The molecule has 0 saturated heterocycles. The molecule has 94 valence electrons. The Bertz CT molecular complexity index is 201. The SMILES string of the molecule is CCSC1CCCC(NC(C)CC2CC2)C1. The summed E-state index contributed by atoms with van der Waals surface area (Å²) in [6.07, 6.45) is 10.1. The molecular weight excluding hydrogens is 214 g/mol. The van der Waals surface area contributed by atoms with Crippen molar-refractivity contribution in [3.05, 3.63) is 0 Å². The predicted octanol–water partition coefficient (Wildman–Crippen LogP) is 3.83. The summed E-state index contributed by atoms with van der Waals surface area (Å²) in [4.78, 5) is 0. The highest BCUT2D eigenvalue weighted by atomic mass is 32.2. The van der Waals surface area contributed by atoms with Gasteiger partial charge in [-0.15, -0.1) is 0 Å². The van der Waals surface area contributed by atoms with Crippen molar-refractivity contribution in [2.75, 3.05) is 5.75 Å². The van der Waals surface area contributed by atoms with Crippen molar-refractivity contribution in [2.45, 2.75) is 76.1 Å². The normalized spacial score (nSPS) is 32.6. The molecule has 3 atom stereocenters. The number of thioether (sulfide) groups is 1. The first-order valence-electron chi connectivity index (χ1n) is 7.15. The Morgan fingerprint density at radius 3 is 2.75 bits per heavy atom. The van der Waals surface area contributed by atoms with Crippen LogP contribution in [0.5, 0.6) is 0 Å². The Labute approximate surface area is 105 Å². The van der Waals surface area contributed by atoms with Crippen molar-refractivity contribution < 1.29 is 0 Å². The second kappa shape index (κ2) is 6.30. The van der Waals surface area contributed by atoms with Gasteiger partial charge < -0.3 is 5.32 Å². The molecule has 1 nitrogen and oxygen atoms in total. The first-order chi connectivity index (χ1) is 7.78. The van der Waals surface area contributed by atoms with Gasteiger partial charge in [-0.2, -0.15) is 11.8 Å². The fourth-order valence-corrected chi connectivity index (χ4v) is 4.18. The van der Waals surface area contributed by atoms with Crippen molar-refractivity contribution in [3.63, 3.8) is 0 Å².